The number of hydrogen-bond donors (Lipinski definition) is 3. The number of hydrogen-bond acceptors (Lipinski definition) is 4. The van der Waals surface area contributed by atoms with Gasteiger partial charge in [0.15, 0.2) is 5.96 Å². The highest BCUT2D eigenvalue weighted by Gasteiger charge is 2.31. The molecule has 0 aliphatic carbocycles. The molecule has 12 heteroatoms. The van der Waals surface area contributed by atoms with Crippen LogP contribution in [0, 0.1) is 0 Å². The normalized spacial score (nSPS) is 12.1. The van der Waals surface area contributed by atoms with Crippen molar-refractivity contribution in [1.29, 1.82) is 0 Å². The first kappa shape index (κ1) is 27.0. The van der Waals surface area contributed by atoms with Gasteiger partial charge in [0.05, 0.1) is 5.75 Å². The maximum atomic E-state index is 12.5. The number of benzene rings is 2. The van der Waals surface area contributed by atoms with E-state index in [1.807, 2.05) is 30.3 Å². The van der Waals surface area contributed by atoms with Gasteiger partial charge in [0.25, 0.3) is 0 Å². The number of guanidine groups is 1. The van der Waals surface area contributed by atoms with E-state index in [1.165, 1.54) is 25.2 Å². The molecule has 0 fully saturated rings. The molecule has 0 aliphatic rings. The third kappa shape index (κ3) is 10.7. The Morgan fingerprint density at radius 1 is 1.00 bits per heavy atom. The van der Waals surface area contributed by atoms with E-state index in [0.29, 0.717) is 0 Å². The predicted octanol–water partition coefficient (Wildman–Crippen LogP) is 2.99. The van der Waals surface area contributed by atoms with Crippen LogP contribution in [0.15, 0.2) is 59.6 Å². The van der Waals surface area contributed by atoms with E-state index >= 15 is 0 Å². The van der Waals surface area contributed by atoms with Crippen LogP contribution in [0.1, 0.15) is 11.1 Å². The average Bonchev–Trinajstić information content (AvgIpc) is 2.70. The Bertz CT molecular complexity index is 942. The van der Waals surface area contributed by atoms with Crippen LogP contribution in [0.4, 0.5) is 13.2 Å². The van der Waals surface area contributed by atoms with Crippen molar-refractivity contribution in [3.63, 3.8) is 0 Å². The van der Waals surface area contributed by atoms with Gasteiger partial charge >= 0.3 is 6.36 Å². The molecule has 7 nitrogen and oxygen atoms in total. The Morgan fingerprint density at radius 2 is 1.65 bits per heavy atom. The van der Waals surface area contributed by atoms with Gasteiger partial charge in [0, 0.05) is 32.2 Å². The maximum absolute atomic E-state index is 12.5. The minimum absolute atomic E-state index is 0. The highest BCUT2D eigenvalue weighted by Crippen LogP contribution is 2.25. The molecule has 0 heterocycles. The lowest BCUT2D eigenvalue weighted by Gasteiger charge is -2.15. The van der Waals surface area contributed by atoms with Crippen LogP contribution in [-0.2, 0) is 23.1 Å². The minimum Gasteiger partial charge on any atom is -0.405 e. The second-order valence-corrected chi connectivity index (χ2v) is 8.06. The van der Waals surface area contributed by atoms with Gasteiger partial charge in [-0.2, -0.15) is 0 Å². The van der Waals surface area contributed by atoms with Gasteiger partial charge in [-0.15, -0.1) is 37.1 Å². The smallest absolute Gasteiger partial charge is 0.405 e. The largest absolute Gasteiger partial charge is 0.573 e. The molecular weight excluding hydrogens is 548 g/mol. The van der Waals surface area contributed by atoms with Crippen molar-refractivity contribution in [2.45, 2.75) is 19.5 Å². The molecule has 0 radical (unpaired) electrons. The van der Waals surface area contributed by atoms with E-state index in [0.717, 1.165) is 5.56 Å². The van der Waals surface area contributed by atoms with E-state index in [9.17, 15) is 21.6 Å². The number of nitrogens with zero attached hydrogens (tertiary/aromatic N) is 1. The number of ether oxygens (including phenoxy) is 1. The van der Waals surface area contributed by atoms with E-state index in [2.05, 4.69) is 25.1 Å². The molecular formula is C19H24F3IN4O3S. The van der Waals surface area contributed by atoms with Crippen LogP contribution in [0.2, 0.25) is 0 Å². The summed E-state index contributed by atoms with van der Waals surface area (Å²) in [5, 5.41) is 5.65. The van der Waals surface area contributed by atoms with Crippen molar-refractivity contribution in [3.05, 3.63) is 65.7 Å². The number of aliphatic imine (C=N–C) groups is 1. The first-order valence-electron chi connectivity index (χ1n) is 8.98. The van der Waals surface area contributed by atoms with E-state index in [-0.39, 0.29) is 66.6 Å². The fraction of sp³-hybridized carbons (Fsp3) is 0.316. The van der Waals surface area contributed by atoms with Gasteiger partial charge in [-0.25, -0.2) is 13.1 Å². The van der Waals surface area contributed by atoms with Crippen molar-refractivity contribution in [2.24, 2.45) is 4.99 Å². The summed E-state index contributed by atoms with van der Waals surface area (Å²) in [4.78, 5) is 3.94. The summed E-state index contributed by atoms with van der Waals surface area (Å²) < 4.78 is 68.2. The Kier molecular flexibility index (Phi) is 11.1. The zero-order chi connectivity index (χ0) is 22.0. The molecule has 2 rings (SSSR count). The van der Waals surface area contributed by atoms with E-state index < -0.39 is 16.4 Å². The summed E-state index contributed by atoms with van der Waals surface area (Å²) in [6.45, 7) is 0.252. The molecule has 172 valence electrons. The van der Waals surface area contributed by atoms with Crippen molar-refractivity contribution in [2.75, 3.05) is 19.3 Å². The second-order valence-electron chi connectivity index (χ2n) is 6.13. The summed E-state index contributed by atoms with van der Waals surface area (Å²) >= 11 is 0. The van der Waals surface area contributed by atoms with Crippen LogP contribution in [0.3, 0.4) is 0 Å². The highest BCUT2D eigenvalue weighted by molar-refractivity contribution is 14.0. The van der Waals surface area contributed by atoms with Gasteiger partial charge in [-0.05, 0) is 11.6 Å². The third-order valence-electron chi connectivity index (χ3n) is 3.87. The molecule has 2 aromatic rings. The molecule has 0 spiro atoms. The van der Waals surface area contributed by atoms with Gasteiger partial charge in [0.2, 0.25) is 10.0 Å². The van der Waals surface area contributed by atoms with Gasteiger partial charge in [-0.3, -0.25) is 4.99 Å². The fourth-order valence-electron chi connectivity index (χ4n) is 2.44. The fourth-order valence-corrected chi connectivity index (χ4v) is 3.34. The Morgan fingerprint density at radius 3 is 2.29 bits per heavy atom. The number of rotatable bonds is 9. The zero-order valence-corrected chi connectivity index (χ0v) is 19.8. The van der Waals surface area contributed by atoms with E-state index in [4.69, 9.17) is 0 Å². The van der Waals surface area contributed by atoms with Crippen molar-refractivity contribution < 1.29 is 26.3 Å². The number of sulfonamides is 1. The minimum atomic E-state index is -4.79. The number of nitrogens with one attached hydrogen (secondary N) is 3. The lowest BCUT2D eigenvalue weighted by atomic mass is 10.2. The predicted molar refractivity (Wildman–Crippen MR) is 124 cm³/mol. The summed E-state index contributed by atoms with van der Waals surface area (Å²) in [6, 6.07) is 14.8. The van der Waals surface area contributed by atoms with Crippen LogP contribution in [-0.4, -0.2) is 40.1 Å². The maximum Gasteiger partial charge on any atom is 0.573 e. The van der Waals surface area contributed by atoms with Crippen LogP contribution >= 0.6 is 24.0 Å². The van der Waals surface area contributed by atoms with Crippen molar-refractivity contribution >= 4 is 40.0 Å². The summed E-state index contributed by atoms with van der Waals surface area (Å²) in [5.74, 6) is -0.274. The molecule has 0 saturated heterocycles. The standard InChI is InChI=1S/C19H23F3N4O3S.HI/c1-23-18(25-14-16-9-5-6-10-17(16)29-19(20,21)22)24-11-12-30(27,28)26-13-15-7-3-2-4-8-15;/h2-10,26H,11-14H2,1H3,(H2,23,24,25);1H. The average molecular weight is 572 g/mol. The monoisotopic (exact) mass is 572 g/mol. The zero-order valence-electron chi connectivity index (χ0n) is 16.6. The van der Waals surface area contributed by atoms with Crippen LogP contribution in [0.5, 0.6) is 5.75 Å². The molecule has 0 atom stereocenters. The lowest BCUT2D eigenvalue weighted by molar-refractivity contribution is -0.274. The molecule has 0 aliphatic heterocycles. The van der Waals surface area contributed by atoms with Crippen molar-refractivity contribution in [3.8, 4) is 5.75 Å². The number of halogens is 4. The summed E-state index contributed by atoms with van der Waals surface area (Å²) in [6.07, 6.45) is -4.79. The molecule has 0 bridgehead atoms. The third-order valence-corrected chi connectivity index (χ3v) is 5.20. The molecule has 2 aromatic carbocycles. The first-order valence-corrected chi connectivity index (χ1v) is 10.6. The summed E-state index contributed by atoms with van der Waals surface area (Å²) in [5.41, 5.74) is 1.11. The van der Waals surface area contributed by atoms with Gasteiger partial charge in [0.1, 0.15) is 5.75 Å². The Labute approximate surface area is 196 Å². The Hall–Kier alpha value is -2.06. The van der Waals surface area contributed by atoms with Crippen molar-refractivity contribution in [1.82, 2.24) is 15.4 Å². The topological polar surface area (TPSA) is 91.8 Å². The second kappa shape index (κ2) is 12.7. The molecule has 3 N–H and O–H groups in total. The number of para-hydroxylation sites is 1. The molecule has 31 heavy (non-hydrogen) atoms. The lowest BCUT2D eigenvalue weighted by Crippen LogP contribution is -2.40. The summed E-state index contributed by atoms with van der Waals surface area (Å²) in [7, 11) is -2.05. The Balaban J connectivity index is 0.00000480. The van der Waals surface area contributed by atoms with E-state index in [1.54, 1.807) is 6.07 Å². The van der Waals surface area contributed by atoms with Gasteiger partial charge in [-0.1, -0.05) is 48.5 Å². The van der Waals surface area contributed by atoms with Crippen LogP contribution < -0.4 is 20.1 Å². The quantitative estimate of drug-likeness (QED) is 0.244. The van der Waals surface area contributed by atoms with Crippen LogP contribution in [0.25, 0.3) is 0 Å². The highest BCUT2D eigenvalue weighted by atomic mass is 127. The molecule has 0 aromatic heterocycles. The molecule has 0 saturated carbocycles. The molecule has 0 unspecified atom stereocenters. The number of alkyl halides is 3. The molecule has 0 amide bonds. The first-order chi connectivity index (χ1) is 14.2. The van der Waals surface area contributed by atoms with Gasteiger partial charge < -0.3 is 15.4 Å². The SMILES string of the molecule is CN=C(NCCS(=O)(=O)NCc1ccccc1)NCc1ccccc1OC(F)(F)F.I.